The molecule has 0 heterocycles. The number of nitrogens with zero attached hydrogens (tertiary/aromatic N) is 1. The van der Waals surface area contributed by atoms with Crippen molar-refractivity contribution < 1.29 is 31.1 Å². The molecule has 0 saturated heterocycles. The van der Waals surface area contributed by atoms with Crippen molar-refractivity contribution in [2.75, 3.05) is 14.1 Å². The van der Waals surface area contributed by atoms with Crippen LogP contribution in [0, 0.1) is 0 Å². The smallest absolute Gasteiger partial charge is 0.348 e. The van der Waals surface area contributed by atoms with Gasteiger partial charge in [-0.3, -0.25) is 4.79 Å². The highest BCUT2D eigenvalue weighted by molar-refractivity contribution is 5.87. The highest BCUT2D eigenvalue weighted by atomic mass is 19.4. The zero-order valence-corrected chi connectivity index (χ0v) is 12.4. The molecule has 0 spiro atoms. The summed E-state index contributed by atoms with van der Waals surface area (Å²) in [5.41, 5.74) is -4.73. The van der Waals surface area contributed by atoms with Gasteiger partial charge in [0.2, 0.25) is 5.91 Å². The van der Waals surface area contributed by atoms with Gasteiger partial charge in [-0.05, 0) is 37.6 Å². The van der Waals surface area contributed by atoms with E-state index in [1.54, 1.807) is 0 Å². The number of benzene rings is 1. The van der Waals surface area contributed by atoms with Gasteiger partial charge in [0.25, 0.3) is 0 Å². The van der Waals surface area contributed by atoms with E-state index in [0.717, 1.165) is 4.90 Å². The molecule has 2 nitrogen and oxygen atoms in total. The Labute approximate surface area is 123 Å². The zero-order valence-electron chi connectivity index (χ0n) is 12.4. The summed E-state index contributed by atoms with van der Waals surface area (Å²) < 4.78 is 76.9. The van der Waals surface area contributed by atoms with Crippen molar-refractivity contribution in [3.8, 4) is 0 Å². The third-order valence-corrected chi connectivity index (χ3v) is 3.25. The number of hydrogen-bond acceptors (Lipinski definition) is 1. The average molecular weight is 327 g/mol. The molecule has 1 amide bonds. The third-order valence-electron chi connectivity index (χ3n) is 3.25. The molecule has 0 unspecified atom stereocenters. The van der Waals surface area contributed by atoms with Gasteiger partial charge >= 0.3 is 12.4 Å². The lowest BCUT2D eigenvalue weighted by atomic mass is 9.81. The van der Waals surface area contributed by atoms with E-state index < -0.39 is 34.8 Å². The monoisotopic (exact) mass is 327 g/mol. The van der Waals surface area contributed by atoms with Crippen LogP contribution in [0.4, 0.5) is 26.3 Å². The predicted octanol–water partition coefficient (Wildman–Crippen LogP) is 4.09. The molecule has 0 radical (unpaired) electrons. The molecule has 22 heavy (non-hydrogen) atoms. The van der Waals surface area contributed by atoms with Gasteiger partial charge in [0.1, 0.15) is 0 Å². The first kappa shape index (κ1) is 18.3. The summed E-state index contributed by atoms with van der Waals surface area (Å²) in [7, 11) is 2.75. The van der Waals surface area contributed by atoms with Crippen LogP contribution in [0.2, 0.25) is 0 Å². The van der Waals surface area contributed by atoms with E-state index in [2.05, 4.69) is 0 Å². The van der Waals surface area contributed by atoms with E-state index >= 15 is 0 Å². The second-order valence-electron chi connectivity index (χ2n) is 5.62. The quantitative estimate of drug-likeness (QED) is 0.749. The predicted molar refractivity (Wildman–Crippen MR) is 68.2 cm³/mol. The summed E-state index contributed by atoms with van der Waals surface area (Å²) in [5, 5.41) is 0. The minimum atomic E-state index is -4.94. The Morgan fingerprint density at radius 2 is 1.14 bits per heavy atom. The van der Waals surface area contributed by atoms with Gasteiger partial charge in [0.15, 0.2) is 0 Å². The Bertz CT molecular complexity index is 539. The molecule has 124 valence electrons. The lowest BCUT2D eigenvalue weighted by Crippen LogP contribution is -2.39. The fourth-order valence-electron chi connectivity index (χ4n) is 2.00. The Hall–Kier alpha value is -1.73. The fraction of sp³-hybridized carbons (Fsp3) is 0.500. The second-order valence-corrected chi connectivity index (χ2v) is 5.62. The van der Waals surface area contributed by atoms with E-state index in [-0.39, 0.29) is 11.6 Å². The molecule has 1 rings (SSSR count). The van der Waals surface area contributed by atoms with Crippen LogP contribution < -0.4 is 0 Å². The molecule has 0 aliphatic carbocycles. The highest BCUT2D eigenvalue weighted by Crippen LogP contribution is 2.39. The van der Waals surface area contributed by atoms with E-state index in [1.165, 1.54) is 27.9 Å². The van der Waals surface area contributed by atoms with E-state index in [9.17, 15) is 31.1 Å². The maximum absolute atomic E-state index is 12.8. The molecule has 0 saturated carbocycles. The van der Waals surface area contributed by atoms with E-state index in [4.69, 9.17) is 0 Å². The van der Waals surface area contributed by atoms with Gasteiger partial charge in [-0.1, -0.05) is 0 Å². The summed E-state index contributed by atoms with van der Waals surface area (Å²) in [6, 6.07) is 1.20. The maximum atomic E-state index is 12.8. The molecular formula is C14H15F6NO. The maximum Gasteiger partial charge on any atom is 0.416 e. The van der Waals surface area contributed by atoms with Crippen molar-refractivity contribution in [2.24, 2.45) is 0 Å². The SMILES string of the molecule is CN(C)C(=O)C(C)(C)c1cc(C(F)(F)F)cc(C(F)(F)F)c1. The van der Waals surface area contributed by atoms with Crippen LogP contribution in [0.15, 0.2) is 18.2 Å². The van der Waals surface area contributed by atoms with Crippen LogP contribution in [-0.2, 0) is 22.6 Å². The van der Waals surface area contributed by atoms with Crippen molar-refractivity contribution in [3.63, 3.8) is 0 Å². The van der Waals surface area contributed by atoms with Crippen molar-refractivity contribution in [1.82, 2.24) is 4.90 Å². The number of alkyl halides is 6. The van der Waals surface area contributed by atoms with Gasteiger partial charge in [-0.15, -0.1) is 0 Å². The average Bonchev–Trinajstić information content (AvgIpc) is 2.35. The summed E-state index contributed by atoms with van der Waals surface area (Å²) in [6.07, 6.45) is -9.87. The molecule has 0 aliphatic heterocycles. The Balaban J connectivity index is 3.58. The topological polar surface area (TPSA) is 20.3 Å². The van der Waals surface area contributed by atoms with Crippen molar-refractivity contribution in [2.45, 2.75) is 31.6 Å². The normalized spacial score (nSPS) is 13.2. The van der Waals surface area contributed by atoms with Crippen molar-refractivity contribution >= 4 is 5.91 Å². The minimum absolute atomic E-state index is 0.0414. The molecule has 1 aromatic rings. The van der Waals surface area contributed by atoms with Crippen molar-refractivity contribution in [1.29, 1.82) is 0 Å². The number of amides is 1. The summed E-state index contributed by atoms with van der Waals surface area (Å²) in [4.78, 5) is 13.2. The lowest BCUT2D eigenvalue weighted by Gasteiger charge is -2.29. The minimum Gasteiger partial charge on any atom is -0.348 e. The van der Waals surface area contributed by atoms with Crippen LogP contribution >= 0.6 is 0 Å². The number of rotatable bonds is 2. The number of likely N-dealkylation sites (N-methyl/N-ethyl adjacent to an activating group) is 1. The molecule has 0 aliphatic rings. The molecule has 0 fully saturated rings. The number of carbonyl (C=O) groups excluding carboxylic acids is 1. The zero-order chi connectivity index (χ0) is 17.5. The van der Waals surface area contributed by atoms with Gasteiger partial charge in [-0.25, -0.2) is 0 Å². The standard InChI is InChI=1S/C14H15F6NO/c1-12(2,11(22)21(3)4)8-5-9(13(15,16)17)7-10(6-8)14(18,19)20/h5-7H,1-4H3. The lowest BCUT2D eigenvalue weighted by molar-refractivity contribution is -0.143. The first-order valence-electron chi connectivity index (χ1n) is 6.19. The molecule has 0 aromatic heterocycles. The summed E-state index contributed by atoms with van der Waals surface area (Å²) in [5.74, 6) is -0.597. The molecule has 0 bridgehead atoms. The highest BCUT2D eigenvalue weighted by Gasteiger charge is 2.40. The van der Waals surface area contributed by atoms with E-state index in [0.29, 0.717) is 12.1 Å². The van der Waals surface area contributed by atoms with Crippen LogP contribution in [0.5, 0.6) is 0 Å². The fourth-order valence-corrected chi connectivity index (χ4v) is 2.00. The Morgan fingerprint density at radius 3 is 1.41 bits per heavy atom. The van der Waals surface area contributed by atoms with Gasteiger partial charge in [-0.2, -0.15) is 26.3 Å². The number of carbonyl (C=O) groups is 1. The van der Waals surface area contributed by atoms with Gasteiger partial charge in [0.05, 0.1) is 16.5 Å². The van der Waals surface area contributed by atoms with Crippen LogP contribution in [-0.4, -0.2) is 24.9 Å². The first-order chi connectivity index (χ1) is 9.67. The number of halogens is 6. The Morgan fingerprint density at radius 1 is 0.818 bits per heavy atom. The number of hydrogen-bond donors (Lipinski definition) is 0. The molecule has 1 aromatic carbocycles. The summed E-state index contributed by atoms with van der Waals surface area (Å²) >= 11 is 0. The Kier molecular flexibility index (Phi) is 4.56. The van der Waals surface area contributed by atoms with Crippen LogP contribution in [0.1, 0.15) is 30.5 Å². The second kappa shape index (κ2) is 5.48. The van der Waals surface area contributed by atoms with Gasteiger partial charge < -0.3 is 4.90 Å². The summed E-state index contributed by atoms with van der Waals surface area (Å²) in [6.45, 7) is 2.57. The first-order valence-corrected chi connectivity index (χ1v) is 6.19. The van der Waals surface area contributed by atoms with Gasteiger partial charge in [0, 0.05) is 14.1 Å². The molecule has 0 atom stereocenters. The van der Waals surface area contributed by atoms with Crippen LogP contribution in [0.3, 0.4) is 0 Å². The molecular weight excluding hydrogens is 312 g/mol. The molecule has 8 heteroatoms. The van der Waals surface area contributed by atoms with Crippen LogP contribution in [0.25, 0.3) is 0 Å². The third kappa shape index (κ3) is 3.72. The van der Waals surface area contributed by atoms with Crippen molar-refractivity contribution in [3.05, 3.63) is 34.9 Å². The molecule has 0 N–H and O–H groups in total. The van der Waals surface area contributed by atoms with E-state index in [1.807, 2.05) is 0 Å². The largest absolute Gasteiger partial charge is 0.416 e.